The predicted molar refractivity (Wildman–Crippen MR) is 65.6 cm³/mol. The number of hydrogen-bond acceptors (Lipinski definition) is 2. The van der Waals surface area contributed by atoms with Crippen LogP contribution in [-0.2, 0) is 7.05 Å². The van der Waals surface area contributed by atoms with Crippen molar-refractivity contribution < 1.29 is 9.90 Å². The highest BCUT2D eigenvalue weighted by Gasteiger charge is 2.16. The summed E-state index contributed by atoms with van der Waals surface area (Å²) in [5.41, 5.74) is 1.13. The van der Waals surface area contributed by atoms with Crippen molar-refractivity contribution in [2.75, 3.05) is 0 Å². The van der Waals surface area contributed by atoms with Gasteiger partial charge in [0, 0.05) is 18.8 Å². The summed E-state index contributed by atoms with van der Waals surface area (Å²) >= 11 is 11.7. The number of halogens is 2. The molecule has 1 aromatic heterocycles. The first-order chi connectivity index (χ1) is 7.99. The summed E-state index contributed by atoms with van der Waals surface area (Å²) in [5, 5.41) is 13.9. The summed E-state index contributed by atoms with van der Waals surface area (Å²) in [7, 11) is 1.66. The van der Waals surface area contributed by atoms with Crippen LogP contribution in [0.5, 0.6) is 0 Å². The zero-order valence-electron chi connectivity index (χ0n) is 8.82. The lowest BCUT2D eigenvalue weighted by Crippen LogP contribution is -1.96. The molecule has 17 heavy (non-hydrogen) atoms. The van der Waals surface area contributed by atoms with E-state index in [4.69, 9.17) is 28.3 Å². The second-order valence-corrected chi connectivity index (χ2v) is 4.31. The number of carboxylic acid groups (broad SMARTS) is 1. The number of rotatable bonds is 2. The van der Waals surface area contributed by atoms with Crippen LogP contribution in [-0.4, -0.2) is 20.9 Å². The van der Waals surface area contributed by atoms with E-state index < -0.39 is 5.97 Å². The Labute approximate surface area is 107 Å². The minimum absolute atomic E-state index is 0.130. The van der Waals surface area contributed by atoms with Crippen LogP contribution in [0.25, 0.3) is 11.3 Å². The highest BCUT2D eigenvalue weighted by Crippen LogP contribution is 2.29. The highest BCUT2D eigenvalue weighted by atomic mass is 35.5. The molecule has 4 nitrogen and oxygen atoms in total. The van der Waals surface area contributed by atoms with E-state index in [2.05, 4.69) is 5.10 Å². The summed E-state index contributed by atoms with van der Waals surface area (Å²) < 4.78 is 1.45. The highest BCUT2D eigenvalue weighted by molar-refractivity contribution is 6.42. The molecule has 0 fully saturated rings. The van der Waals surface area contributed by atoms with E-state index in [1.807, 2.05) is 0 Å². The molecular weight excluding hydrogens is 263 g/mol. The molecule has 0 unspecified atom stereocenters. The first-order valence-corrected chi connectivity index (χ1v) is 5.47. The van der Waals surface area contributed by atoms with Gasteiger partial charge in [0.15, 0.2) is 0 Å². The van der Waals surface area contributed by atoms with E-state index in [1.165, 1.54) is 10.9 Å². The van der Waals surface area contributed by atoms with E-state index in [9.17, 15) is 4.79 Å². The lowest BCUT2D eigenvalue weighted by atomic mass is 10.1. The maximum Gasteiger partial charge on any atom is 0.339 e. The molecule has 0 radical (unpaired) electrons. The predicted octanol–water partition coefficient (Wildman–Crippen LogP) is 3.09. The van der Waals surface area contributed by atoms with Gasteiger partial charge in [-0.15, -0.1) is 0 Å². The molecule has 0 saturated heterocycles. The quantitative estimate of drug-likeness (QED) is 0.913. The fourth-order valence-corrected chi connectivity index (χ4v) is 1.80. The maximum absolute atomic E-state index is 11.0. The number of aromatic carboxylic acids is 1. The molecular formula is C11H8Cl2N2O2. The van der Waals surface area contributed by atoms with Crippen LogP contribution < -0.4 is 0 Å². The molecule has 0 bridgehead atoms. The molecule has 1 aromatic carbocycles. The van der Waals surface area contributed by atoms with Gasteiger partial charge in [-0.3, -0.25) is 4.68 Å². The van der Waals surface area contributed by atoms with Crippen molar-refractivity contribution in [2.24, 2.45) is 7.05 Å². The normalized spacial score (nSPS) is 10.5. The Morgan fingerprint density at radius 3 is 2.65 bits per heavy atom. The van der Waals surface area contributed by atoms with Crippen LogP contribution in [0.15, 0.2) is 24.4 Å². The number of carboxylic acids is 1. The Kier molecular flexibility index (Phi) is 3.09. The number of hydrogen-bond donors (Lipinski definition) is 1. The summed E-state index contributed by atoms with van der Waals surface area (Å²) in [6.07, 6.45) is 1.44. The Morgan fingerprint density at radius 2 is 2.06 bits per heavy atom. The monoisotopic (exact) mass is 270 g/mol. The van der Waals surface area contributed by atoms with E-state index in [-0.39, 0.29) is 5.56 Å². The number of carbonyl (C=O) groups is 1. The molecule has 0 aliphatic rings. The standard InChI is InChI=1S/C11H8Cl2N2O2/c1-15-5-7(11(16)17)10(14-15)6-2-3-8(12)9(13)4-6/h2-5H,1H3,(H,16,17). The average molecular weight is 271 g/mol. The Hall–Kier alpha value is -1.52. The second kappa shape index (κ2) is 4.39. The van der Waals surface area contributed by atoms with Crippen molar-refractivity contribution >= 4 is 29.2 Å². The van der Waals surface area contributed by atoms with Crippen molar-refractivity contribution in [2.45, 2.75) is 0 Å². The van der Waals surface area contributed by atoms with Gasteiger partial charge in [-0.05, 0) is 12.1 Å². The van der Waals surface area contributed by atoms with Crippen molar-refractivity contribution in [3.8, 4) is 11.3 Å². The van der Waals surface area contributed by atoms with Gasteiger partial charge >= 0.3 is 5.97 Å². The van der Waals surface area contributed by atoms with Crippen LogP contribution in [0, 0.1) is 0 Å². The van der Waals surface area contributed by atoms with Gasteiger partial charge < -0.3 is 5.11 Å². The van der Waals surface area contributed by atoms with E-state index in [0.717, 1.165) is 0 Å². The van der Waals surface area contributed by atoms with Gasteiger partial charge in [-0.1, -0.05) is 29.3 Å². The third kappa shape index (κ3) is 2.28. The number of benzene rings is 1. The van der Waals surface area contributed by atoms with E-state index >= 15 is 0 Å². The molecule has 6 heteroatoms. The van der Waals surface area contributed by atoms with Gasteiger partial charge in [0.25, 0.3) is 0 Å². The van der Waals surface area contributed by atoms with Crippen molar-refractivity contribution in [3.05, 3.63) is 40.0 Å². The Bertz CT molecular complexity index is 593. The molecule has 0 aliphatic carbocycles. The molecule has 0 amide bonds. The zero-order valence-corrected chi connectivity index (χ0v) is 10.3. The van der Waals surface area contributed by atoms with Crippen molar-refractivity contribution in [3.63, 3.8) is 0 Å². The average Bonchev–Trinajstić information content (AvgIpc) is 2.64. The third-order valence-electron chi connectivity index (χ3n) is 2.25. The van der Waals surface area contributed by atoms with Gasteiger partial charge in [0.2, 0.25) is 0 Å². The second-order valence-electron chi connectivity index (χ2n) is 3.50. The SMILES string of the molecule is Cn1cc(C(=O)O)c(-c2ccc(Cl)c(Cl)c2)n1. The zero-order chi connectivity index (χ0) is 12.6. The maximum atomic E-state index is 11.0. The van der Waals surface area contributed by atoms with E-state index in [1.54, 1.807) is 25.2 Å². The van der Waals surface area contributed by atoms with Crippen LogP contribution in [0.3, 0.4) is 0 Å². The lowest BCUT2D eigenvalue weighted by molar-refractivity contribution is 0.0697. The lowest BCUT2D eigenvalue weighted by Gasteiger charge is -2.01. The molecule has 88 valence electrons. The fraction of sp³-hybridized carbons (Fsp3) is 0.0909. The van der Waals surface area contributed by atoms with Crippen LogP contribution in [0.4, 0.5) is 0 Å². The molecule has 0 saturated carbocycles. The largest absolute Gasteiger partial charge is 0.478 e. The molecule has 2 aromatic rings. The first-order valence-electron chi connectivity index (χ1n) is 4.71. The molecule has 1 N–H and O–H groups in total. The summed E-state index contributed by atoms with van der Waals surface area (Å²) in [6, 6.07) is 4.89. The summed E-state index contributed by atoms with van der Waals surface area (Å²) in [4.78, 5) is 11.0. The number of nitrogens with zero attached hydrogens (tertiary/aromatic N) is 2. The fourth-order valence-electron chi connectivity index (χ4n) is 1.50. The first kappa shape index (κ1) is 12.0. The van der Waals surface area contributed by atoms with Gasteiger partial charge in [0.05, 0.1) is 10.0 Å². The van der Waals surface area contributed by atoms with Crippen LogP contribution >= 0.6 is 23.2 Å². The Morgan fingerprint density at radius 1 is 1.35 bits per heavy atom. The Balaban J connectivity index is 2.59. The van der Waals surface area contributed by atoms with Gasteiger partial charge in [0.1, 0.15) is 11.3 Å². The minimum atomic E-state index is -1.03. The molecule has 1 heterocycles. The molecule has 0 atom stereocenters. The van der Waals surface area contributed by atoms with Crippen LogP contribution in [0.1, 0.15) is 10.4 Å². The van der Waals surface area contributed by atoms with E-state index in [0.29, 0.717) is 21.3 Å². The van der Waals surface area contributed by atoms with Gasteiger partial charge in [-0.25, -0.2) is 4.79 Å². The van der Waals surface area contributed by atoms with Crippen molar-refractivity contribution in [1.82, 2.24) is 9.78 Å². The molecule has 0 aliphatic heterocycles. The summed E-state index contributed by atoms with van der Waals surface area (Å²) in [5.74, 6) is -1.03. The topological polar surface area (TPSA) is 55.1 Å². The smallest absolute Gasteiger partial charge is 0.339 e. The number of aryl methyl sites for hydroxylation is 1. The molecule has 2 rings (SSSR count). The minimum Gasteiger partial charge on any atom is -0.478 e. The van der Waals surface area contributed by atoms with Crippen LogP contribution in [0.2, 0.25) is 10.0 Å². The molecule has 0 spiro atoms. The summed E-state index contributed by atoms with van der Waals surface area (Å²) in [6.45, 7) is 0. The third-order valence-corrected chi connectivity index (χ3v) is 2.99. The number of aromatic nitrogens is 2. The van der Waals surface area contributed by atoms with Gasteiger partial charge in [-0.2, -0.15) is 5.10 Å². The van der Waals surface area contributed by atoms with Crippen molar-refractivity contribution in [1.29, 1.82) is 0 Å².